The first-order chi connectivity index (χ1) is 9.54. The molecule has 0 radical (unpaired) electrons. The molecule has 3 rings (SSSR count). The highest BCUT2D eigenvalue weighted by atomic mass is 32.2. The minimum Gasteiger partial charge on any atom is -0.263 e. The largest absolute Gasteiger partial charge is 0.263 e. The SMILES string of the molecule is O=S(=O)(Nc1cccc(F)n1)c1ccc2c(c1)CCC2. The van der Waals surface area contributed by atoms with Crippen molar-refractivity contribution in [2.75, 3.05) is 4.72 Å². The van der Waals surface area contributed by atoms with Gasteiger partial charge in [0.1, 0.15) is 5.82 Å². The van der Waals surface area contributed by atoms with Crippen molar-refractivity contribution in [3.63, 3.8) is 0 Å². The smallest absolute Gasteiger partial charge is 0.263 e. The summed E-state index contributed by atoms with van der Waals surface area (Å²) in [5.74, 6) is -0.746. The molecule has 0 amide bonds. The van der Waals surface area contributed by atoms with E-state index in [2.05, 4.69) is 9.71 Å². The molecule has 1 aromatic heterocycles. The van der Waals surface area contributed by atoms with Crippen LogP contribution >= 0.6 is 0 Å². The van der Waals surface area contributed by atoms with E-state index in [1.165, 1.54) is 17.7 Å². The highest BCUT2D eigenvalue weighted by molar-refractivity contribution is 7.92. The molecule has 1 N–H and O–H groups in total. The zero-order valence-corrected chi connectivity index (χ0v) is 11.5. The summed E-state index contributed by atoms with van der Waals surface area (Å²) in [5, 5.41) is 0. The number of aromatic nitrogens is 1. The second-order valence-electron chi connectivity index (χ2n) is 4.74. The van der Waals surface area contributed by atoms with E-state index in [1.54, 1.807) is 12.1 Å². The van der Waals surface area contributed by atoms with E-state index < -0.39 is 16.0 Å². The Hall–Kier alpha value is -1.95. The van der Waals surface area contributed by atoms with Crippen LogP contribution in [0.1, 0.15) is 17.5 Å². The van der Waals surface area contributed by atoms with Gasteiger partial charge in [-0.15, -0.1) is 0 Å². The van der Waals surface area contributed by atoms with Crippen molar-refractivity contribution < 1.29 is 12.8 Å². The van der Waals surface area contributed by atoms with Gasteiger partial charge in [0.15, 0.2) is 0 Å². The van der Waals surface area contributed by atoms with Crippen molar-refractivity contribution in [3.8, 4) is 0 Å². The third-order valence-corrected chi connectivity index (χ3v) is 4.69. The van der Waals surface area contributed by atoms with Crippen LogP contribution in [0.2, 0.25) is 0 Å². The third-order valence-electron chi connectivity index (χ3n) is 3.33. The number of aryl methyl sites for hydroxylation is 2. The van der Waals surface area contributed by atoms with E-state index in [0.717, 1.165) is 30.9 Å². The average Bonchev–Trinajstić information content (AvgIpc) is 2.85. The number of hydrogen-bond donors (Lipinski definition) is 1. The van der Waals surface area contributed by atoms with Crippen LogP contribution in [0.3, 0.4) is 0 Å². The van der Waals surface area contributed by atoms with Crippen LogP contribution in [0.25, 0.3) is 0 Å². The quantitative estimate of drug-likeness (QED) is 0.884. The summed E-state index contributed by atoms with van der Waals surface area (Å²) >= 11 is 0. The molecule has 0 saturated heterocycles. The van der Waals surface area contributed by atoms with Crippen LogP contribution in [0.15, 0.2) is 41.3 Å². The normalized spacial score (nSPS) is 14.1. The Kier molecular flexibility index (Phi) is 3.17. The van der Waals surface area contributed by atoms with Gasteiger partial charge in [0.2, 0.25) is 5.95 Å². The molecular formula is C14H13FN2O2S. The number of fused-ring (bicyclic) bond motifs is 1. The Morgan fingerprint density at radius 1 is 1.10 bits per heavy atom. The molecule has 20 heavy (non-hydrogen) atoms. The minimum absolute atomic E-state index is 0.0227. The van der Waals surface area contributed by atoms with Crippen LogP contribution in [-0.4, -0.2) is 13.4 Å². The molecule has 6 heteroatoms. The lowest BCUT2D eigenvalue weighted by Crippen LogP contribution is -2.14. The Bertz CT molecular complexity index is 760. The number of halogens is 1. The van der Waals surface area contributed by atoms with Gasteiger partial charge in [-0.3, -0.25) is 4.72 Å². The first-order valence-electron chi connectivity index (χ1n) is 6.32. The van der Waals surface area contributed by atoms with Gasteiger partial charge in [0.05, 0.1) is 4.90 Å². The van der Waals surface area contributed by atoms with Crippen LogP contribution in [0.5, 0.6) is 0 Å². The van der Waals surface area contributed by atoms with Gasteiger partial charge in [0.25, 0.3) is 10.0 Å². The van der Waals surface area contributed by atoms with Crippen LogP contribution < -0.4 is 4.72 Å². The molecule has 0 fully saturated rings. The molecule has 1 aliphatic carbocycles. The second kappa shape index (κ2) is 4.86. The second-order valence-corrected chi connectivity index (χ2v) is 6.42. The zero-order valence-electron chi connectivity index (χ0n) is 10.6. The fraction of sp³-hybridized carbons (Fsp3) is 0.214. The Morgan fingerprint density at radius 2 is 1.90 bits per heavy atom. The molecule has 4 nitrogen and oxygen atoms in total. The lowest BCUT2D eigenvalue weighted by molar-refractivity contribution is 0.584. The van der Waals surface area contributed by atoms with Crippen molar-refractivity contribution in [1.82, 2.24) is 4.98 Å². The highest BCUT2D eigenvalue weighted by Gasteiger charge is 2.19. The summed E-state index contributed by atoms with van der Waals surface area (Å²) in [7, 11) is -3.73. The van der Waals surface area contributed by atoms with E-state index in [9.17, 15) is 12.8 Å². The van der Waals surface area contributed by atoms with Gasteiger partial charge in [-0.05, 0) is 54.7 Å². The third kappa shape index (κ3) is 2.51. The molecule has 104 valence electrons. The van der Waals surface area contributed by atoms with E-state index in [0.29, 0.717) is 0 Å². The molecule has 0 aliphatic heterocycles. The Morgan fingerprint density at radius 3 is 2.70 bits per heavy atom. The number of anilines is 1. The standard InChI is InChI=1S/C14H13FN2O2S/c15-13-5-2-6-14(16-13)17-20(18,19)12-8-7-10-3-1-4-11(10)9-12/h2,5-9H,1,3-4H2,(H,16,17). The maximum absolute atomic E-state index is 13.0. The number of hydrogen-bond acceptors (Lipinski definition) is 3. The van der Waals surface area contributed by atoms with Crippen LogP contribution in [0.4, 0.5) is 10.2 Å². The lowest BCUT2D eigenvalue weighted by Gasteiger charge is -2.08. The fourth-order valence-electron chi connectivity index (χ4n) is 2.38. The molecule has 1 heterocycles. The van der Waals surface area contributed by atoms with Crippen LogP contribution in [-0.2, 0) is 22.9 Å². The molecule has 0 atom stereocenters. The maximum Gasteiger partial charge on any atom is 0.263 e. The van der Waals surface area contributed by atoms with E-state index in [4.69, 9.17) is 0 Å². The molecule has 0 bridgehead atoms. The number of nitrogens with one attached hydrogen (secondary N) is 1. The van der Waals surface area contributed by atoms with E-state index >= 15 is 0 Å². The maximum atomic E-state index is 13.0. The van der Waals surface area contributed by atoms with E-state index in [1.807, 2.05) is 6.07 Å². The van der Waals surface area contributed by atoms with Gasteiger partial charge in [-0.2, -0.15) is 4.39 Å². The monoisotopic (exact) mass is 292 g/mol. The molecule has 0 unspecified atom stereocenters. The first-order valence-corrected chi connectivity index (χ1v) is 7.80. The van der Waals surface area contributed by atoms with Crippen molar-refractivity contribution in [1.29, 1.82) is 0 Å². The molecular weight excluding hydrogens is 279 g/mol. The average molecular weight is 292 g/mol. The van der Waals surface area contributed by atoms with Gasteiger partial charge >= 0.3 is 0 Å². The van der Waals surface area contributed by atoms with Crippen molar-refractivity contribution in [2.45, 2.75) is 24.2 Å². The topological polar surface area (TPSA) is 59.1 Å². The summed E-state index contributed by atoms with van der Waals surface area (Å²) < 4.78 is 39.7. The fourth-order valence-corrected chi connectivity index (χ4v) is 3.43. The number of pyridine rings is 1. The summed E-state index contributed by atoms with van der Waals surface area (Å²) in [6.45, 7) is 0. The summed E-state index contributed by atoms with van der Waals surface area (Å²) in [5.41, 5.74) is 2.27. The lowest BCUT2D eigenvalue weighted by atomic mass is 10.1. The van der Waals surface area contributed by atoms with Gasteiger partial charge < -0.3 is 0 Å². The summed E-state index contributed by atoms with van der Waals surface area (Å²) in [6.07, 6.45) is 2.95. The number of benzene rings is 1. The van der Waals surface area contributed by atoms with Gasteiger partial charge in [0, 0.05) is 0 Å². The summed E-state index contributed by atoms with van der Waals surface area (Å²) in [6, 6.07) is 9.08. The molecule has 1 aromatic carbocycles. The first kappa shape index (κ1) is 13.1. The Balaban J connectivity index is 1.92. The number of nitrogens with zero attached hydrogens (tertiary/aromatic N) is 1. The van der Waals surface area contributed by atoms with Crippen molar-refractivity contribution in [3.05, 3.63) is 53.5 Å². The van der Waals surface area contributed by atoms with E-state index in [-0.39, 0.29) is 10.7 Å². The summed E-state index contributed by atoms with van der Waals surface area (Å²) in [4.78, 5) is 3.68. The van der Waals surface area contributed by atoms with Gasteiger partial charge in [-0.1, -0.05) is 12.1 Å². The predicted octanol–water partition coefficient (Wildman–Crippen LogP) is 2.51. The number of sulfonamides is 1. The Labute approximate surface area is 116 Å². The minimum atomic E-state index is -3.73. The highest BCUT2D eigenvalue weighted by Crippen LogP contribution is 2.25. The van der Waals surface area contributed by atoms with Gasteiger partial charge in [-0.25, -0.2) is 13.4 Å². The molecule has 0 spiro atoms. The molecule has 2 aromatic rings. The predicted molar refractivity (Wildman–Crippen MR) is 73.5 cm³/mol. The van der Waals surface area contributed by atoms with Crippen LogP contribution in [0, 0.1) is 5.95 Å². The zero-order chi connectivity index (χ0) is 14.2. The molecule has 0 saturated carbocycles. The molecule has 1 aliphatic rings. The van der Waals surface area contributed by atoms with Crippen molar-refractivity contribution in [2.24, 2.45) is 0 Å². The van der Waals surface area contributed by atoms with Crippen molar-refractivity contribution >= 4 is 15.8 Å². The number of rotatable bonds is 3.